The van der Waals surface area contributed by atoms with Gasteiger partial charge >= 0.3 is 11.8 Å². The average molecular weight is 384 g/mol. The summed E-state index contributed by atoms with van der Waals surface area (Å²) in [6, 6.07) is 3.78. The van der Waals surface area contributed by atoms with Crippen molar-refractivity contribution in [3.63, 3.8) is 0 Å². The van der Waals surface area contributed by atoms with Crippen LogP contribution in [0, 0.1) is 11.2 Å². The number of carbonyl (C=O) groups is 3. The summed E-state index contributed by atoms with van der Waals surface area (Å²) in [6.45, 7) is 7.06. The minimum atomic E-state index is -0.915. The van der Waals surface area contributed by atoms with Crippen LogP contribution < -0.4 is 5.32 Å². The van der Waals surface area contributed by atoms with E-state index >= 15 is 0 Å². The SMILES string of the molecule is CC(C)(C)C(=O)N1CCCN(C(=O)C(=O)Nc2ccc(Cl)cc2F)CC1. The van der Waals surface area contributed by atoms with Gasteiger partial charge < -0.3 is 15.1 Å². The van der Waals surface area contributed by atoms with Crippen LogP contribution >= 0.6 is 11.6 Å². The van der Waals surface area contributed by atoms with E-state index in [1.54, 1.807) is 4.90 Å². The van der Waals surface area contributed by atoms with Crippen molar-refractivity contribution in [3.05, 3.63) is 29.0 Å². The Morgan fingerprint density at radius 1 is 1.08 bits per heavy atom. The summed E-state index contributed by atoms with van der Waals surface area (Å²) < 4.78 is 13.8. The highest BCUT2D eigenvalue weighted by atomic mass is 35.5. The molecule has 1 aromatic rings. The van der Waals surface area contributed by atoms with Crippen LogP contribution in [0.5, 0.6) is 0 Å². The molecule has 1 fully saturated rings. The van der Waals surface area contributed by atoms with Gasteiger partial charge in [0.15, 0.2) is 0 Å². The van der Waals surface area contributed by atoms with Gasteiger partial charge in [-0.05, 0) is 24.6 Å². The maximum absolute atomic E-state index is 13.8. The molecule has 26 heavy (non-hydrogen) atoms. The van der Waals surface area contributed by atoms with Crippen LogP contribution in [-0.4, -0.2) is 53.7 Å². The Bertz CT molecular complexity index is 718. The van der Waals surface area contributed by atoms with Crippen molar-refractivity contribution in [2.75, 3.05) is 31.5 Å². The molecule has 1 aliphatic rings. The summed E-state index contributed by atoms with van der Waals surface area (Å²) in [5, 5.41) is 2.47. The smallest absolute Gasteiger partial charge is 0.313 e. The van der Waals surface area contributed by atoms with Crippen molar-refractivity contribution in [1.29, 1.82) is 0 Å². The van der Waals surface area contributed by atoms with Gasteiger partial charge in [0, 0.05) is 36.6 Å². The average Bonchev–Trinajstić information content (AvgIpc) is 2.81. The lowest BCUT2D eigenvalue weighted by Gasteiger charge is -2.28. The van der Waals surface area contributed by atoms with E-state index in [1.807, 2.05) is 20.8 Å². The van der Waals surface area contributed by atoms with E-state index in [-0.39, 0.29) is 23.2 Å². The number of nitrogens with one attached hydrogen (secondary N) is 1. The molecule has 0 aliphatic carbocycles. The first-order chi connectivity index (χ1) is 12.1. The zero-order valence-corrected chi connectivity index (χ0v) is 15.9. The van der Waals surface area contributed by atoms with Crippen molar-refractivity contribution < 1.29 is 18.8 Å². The molecular weight excluding hydrogens is 361 g/mol. The molecule has 2 rings (SSSR count). The number of anilines is 1. The van der Waals surface area contributed by atoms with Crippen LogP contribution in [0.2, 0.25) is 5.02 Å². The maximum atomic E-state index is 13.8. The molecule has 0 spiro atoms. The molecule has 0 unspecified atom stereocenters. The number of benzene rings is 1. The minimum absolute atomic E-state index is 0.0134. The summed E-state index contributed by atoms with van der Waals surface area (Å²) in [5.41, 5.74) is -0.602. The first kappa shape index (κ1) is 20.2. The molecule has 1 saturated heterocycles. The summed E-state index contributed by atoms with van der Waals surface area (Å²) in [7, 11) is 0. The van der Waals surface area contributed by atoms with E-state index in [0.29, 0.717) is 26.1 Å². The van der Waals surface area contributed by atoms with Crippen LogP contribution in [0.3, 0.4) is 0 Å². The molecule has 0 saturated carbocycles. The fourth-order valence-electron chi connectivity index (χ4n) is 2.71. The Morgan fingerprint density at radius 2 is 1.69 bits per heavy atom. The van der Waals surface area contributed by atoms with Gasteiger partial charge in [-0.1, -0.05) is 32.4 Å². The molecule has 0 bridgehead atoms. The summed E-state index contributed by atoms with van der Waals surface area (Å²) >= 11 is 5.67. The van der Waals surface area contributed by atoms with E-state index in [4.69, 9.17) is 11.6 Å². The molecule has 1 heterocycles. The molecule has 0 aromatic heterocycles. The standard InChI is InChI=1S/C18H23ClFN3O3/c1-18(2,3)17(26)23-8-4-7-22(9-10-23)16(25)15(24)21-14-6-5-12(19)11-13(14)20/h5-6,11H,4,7-10H2,1-3H3,(H,21,24). The van der Waals surface area contributed by atoms with Gasteiger partial charge in [0.1, 0.15) is 5.82 Å². The van der Waals surface area contributed by atoms with E-state index < -0.39 is 23.0 Å². The van der Waals surface area contributed by atoms with E-state index in [0.717, 1.165) is 6.07 Å². The molecule has 3 amide bonds. The Hall–Kier alpha value is -2.15. The van der Waals surface area contributed by atoms with E-state index in [2.05, 4.69) is 5.32 Å². The Labute approximate surface area is 157 Å². The summed E-state index contributed by atoms with van der Waals surface area (Å²) in [5.74, 6) is -2.36. The fraction of sp³-hybridized carbons (Fsp3) is 0.500. The van der Waals surface area contributed by atoms with Gasteiger partial charge in [-0.2, -0.15) is 0 Å². The Morgan fingerprint density at radius 3 is 2.31 bits per heavy atom. The first-order valence-corrected chi connectivity index (χ1v) is 8.82. The summed E-state index contributed by atoms with van der Waals surface area (Å²) in [4.78, 5) is 40.0. The number of halogens is 2. The van der Waals surface area contributed by atoms with Crippen LogP contribution in [0.25, 0.3) is 0 Å². The molecule has 6 nitrogen and oxygen atoms in total. The Balaban J connectivity index is 1.99. The molecule has 0 atom stereocenters. The minimum Gasteiger partial charge on any atom is -0.340 e. The topological polar surface area (TPSA) is 69.7 Å². The Kier molecular flexibility index (Phi) is 6.23. The van der Waals surface area contributed by atoms with Gasteiger partial charge in [0.25, 0.3) is 0 Å². The van der Waals surface area contributed by atoms with Crippen molar-refractivity contribution in [2.24, 2.45) is 5.41 Å². The van der Waals surface area contributed by atoms with Gasteiger partial charge in [-0.3, -0.25) is 14.4 Å². The zero-order valence-electron chi connectivity index (χ0n) is 15.1. The maximum Gasteiger partial charge on any atom is 0.313 e. The van der Waals surface area contributed by atoms with E-state index in [1.165, 1.54) is 17.0 Å². The second-order valence-electron chi connectivity index (χ2n) is 7.27. The normalized spacial score (nSPS) is 15.4. The second kappa shape index (κ2) is 8.03. The third kappa shape index (κ3) is 4.94. The van der Waals surface area contributed by atoms with Crippen LogP contribution in [-0.2, 0) is 14.4 Å². The molecule has 8 heteroatoms. The highest BCUT2D eigenvalue weighted by molar-refractivity contribution is 6.39. The van der Waals surface area contributed by atoms with E-state index in [9.17, 15) is 18.8 Å². The number of carbonyl (C=O) groups excluding carboxylic acids is 3. The summed E-state index contributed by atoms with van der Waals surface area (Å²) in [6.07, 6.45) is 0.580. The highest BCUT2D eigenvalue weighted by Crippen LogP contribution is 2.20. The fourth-order valence-corrected chi connectivity index (χ4v) is 2.87. The van der Waals surface area contributed by atoms with Crippen molar-refractivity contribution in [3.8, 4) is 0 Å². The molecule has 1 aromatic carbocycles. The highest BCUT2D eigenvalue weighted by Gasteiger charge is 2.31. The molecule has 1 aliphatic heterocycles. The number of hydrogen-bond acceptors (Lipinski definition) is 3. The molecular formula is C18H23ClFN3O3. The lowest BCUT2D eigenvalue weighted by atomic mass is 9.94. The second-order valence-corrected chi connectivity index (χ2v) is 7.70. The predicted molar refractivity (Wildman–Crippen MR) is 97.3 cm³/mol. The quantitative estimate of drug-likeness (QED) is 0.757. The van der Waals surface area contributed by atoms with Gasteiger partial charge in [0.05, 0.1) is 5.69 Å². The number of hydrogen-bond donors (Lipinski definition) is 1. The third-order valence-electron chi connectivity index (χ3n) is 4.09. The van der Waals surface area contributed by atoms with Crippen LogP contribution in [0.4, 0.5) is 10.1 Å². The number of nitrogens with zero attached hydrogens (tertiary/aromatic N) is 2. The lowest BCUT2D eigenvalue weighted by Crippen LogP contribution is -2.44. The van der Waals surface area contributed by atoms with Crippen molar-refractivity contribution in [2.45, 2.75) is 27.2 Å². The molecule has 0 radical (unpaired) electrons. The third-order valence-corrected chi connectivity index (χ3v) is 4.32. The van der Waals surface area contributed by atoms with Gasteiger partial charge in [-0.15, -0.1) is 0 Å². The van der Waals surface area contributed by atoms with Gasteiger partial charge in [-0.25, -0.2) is 4.39 Å². The molecule has 1 N–H and O–H groups in total. The van der Waals surface area contributed by atoms with Crippen molar-refractivity contribution >= 4 is 35.0 Å². The first-order valence-electron chi connectivity index (χ1n) is 8.44. The largest absolute Gasteiger partial charge is 0.340 e. The van der Waals surface area contributed by atoms with Crippen molar-refractivity contribution in [1.82, 2.24) is 9.80 Å². The zero-order chi connectivity index (χ0) is 19.5. The molecule has 142 valence electrons. The number of rotatable bonds is 1. The monoisotopic (exact) mass is 383 g/mol. The predicted octanol–water partition coefficient (Wildman–Crippen LogP) is 2.52. The van der Waals surface area contributed by atoms with Crippen LogP contribution in [0.1, 0.15) is 27.2 Å². The lowest BCUT2D eigenvalue weighted by molar-refractivity contribution is -0.143. The number of amides is 3. The van der Waals surface area contributed by atoms with Gasteiger partial charge in [0.2, 0.25) is 5.91 Å². The van der Waals surface area contributed by atoms with Crippen LogP contribution in [0.15, 0.2) is 18.2 Å².